The number of hydrogen-bond acceptors (Lipinski definition) is 2. The molecule has 0 aromatic heterocycles. The average Bonchev–Trinajstić information content (AvgIpc) is 2.54. The van der Waals surface area contributed by atoms with E-state index >= 15 is 0 Å². The summed E-state index contributed by atoms with van der Waals surface area (Å²) in [6.07, 6.45) is 0.819. The van der Waals surface area contributed by atoms with Crippen molar-refractivity contribution < 1.29 is 9.53 Å². The molecule has 1 aliphatic carbocycles. The molecule has 0 bridgehead atoms. The second-order valence-corrected chi connectivity index (χ2v) is 5.35. The van der Waals surface area contributed by atoms with Crippen molar-refractivity contribution in [2.45, 2.75) is 6.42 Å². The van der Waals surface area contributed by atoms with Crippen molar-refractivity contribution in [1.82, 2.24) is 0 Å². The molecule has 2 heteroatoms. The van der Waals surface area contributed by atoms with Crippen LogP contribution in [0, 0.1) is 0 Å². The van der Waals surface area contributed by atoms with E-state index in [9.17, 15) is 4.79 Å². The number of carbonyl (C=O) groups excluding carboxylic acids is 1. The quantitative estimate of drug-likeness (QED) is 0.524. The molecule has 0 saturated carbocycles. The van der Waals surface area contributed by atoms with Crippen LogP contribution < -0.4 is 4.74 Å². The van der Waals surface area contributed by atoms with Gasteiger partial charge in [0.05, 0.1) is 7.11 Å². The van der Waals surface area contributed by atoms with E-state index < -0.39 is 0 Å². The number of benzene rings is 3. The maximum absolute atomic E-state index is 12.8. The third-order valence-electron chi connectivity index (χ3n) is 4.18. The van der Waals surface area contributed by atoms with Gasteiger partial charge in [-0.15, -0.1) is 0 Å². The first-order valence-electron chi connectivity index (χ1n) is 7.00. The minimum absolute atomic E-state index is 0.127. The van der Waals surface area contributed by atoms with Crippen molar-refractivity contribution in [1.29, 1.82) is 0 Å². The highest BCUT2D eigenvalue weighted by atomic mass is 16.5. The fraction of sp³-hybridized carbons (Fsp3) is 0.105. The molecule has 3 aromatic rings. The lowest BCUT2D eigenvalue weighted by molar-refractivity contribution is 0.103. The van der Waals surface area contributed by atoms with Gasteiger partial charge in [0.1, 0.15) is 5.75 Å². The first kappa shape index (κ1) is 12.2. The summed E-state index contributed by atoms with van der Waals surface area (Å²) in [6, 6.07) is 17.9. The summed E-state index contributed by atoms with van der Waals surface area (Å²) in [6.45, 7) is 0. The number of hydrogen-bond donors (Lipinski definition) is 0. The molecule has 0 amide bonds. The van der Waals surface area contributed by atoms with E-state index in [1.54, 1.807) is 7.11 Å². The molecule has 2 nitrogen and oxygen atoms in total. The van der Waals surface area contributed by atoms with Gasteiger partial charge in [0.25, 0.3) is 0 Å². The Morgan fingerprint density at radius 2 is 1.81 bits per heavy atom. The first-order chi connectivity index (χ1) is 10.3. The van der Waals surface area contributed by atoms with E-state index in [4.69, 9.17) is 4.74 Å². The van der Waals surface area contributed by atoms with Crippen molar-refractivity contribution >= 4 is 16.6 Å². The third kappa shape index (κ3) is 1.76. The molecule has 21 heavy (non-hydrogen) atoms. The van der Waals surface area contributed by atoms with Crippen LogP contribution in [-0.4, -0.2) is 12.9 Å². The number of ether oxygens (including phenoxy) is 1. The van der Waals surface area contributed by atoms with Crippen LogP contribution in [0.4, 0.5) is 0 Å². The Balaban J connectivity index is 1.99. The van der Waals surface area contributed by atoms with Gasteiger partial charge in [-0.25, -0.2) is 0 Å². The van der Waals surface area contributed by atoms with Gasteiger partial charge in [0.2, 0.25) is 0 Å². The van der Waals surface area contributed by atoms with Crippen LogP contribution in [0.1, 0.15) is 27.0 Å². The Labute approximate surface area is 123 Å². The van der Waals surface area contributed by atoms with Gasteiger partial charge in [-0.1, -0.05) is 36.4 Å². The van der Waals surface area contributed by atoms with Gasteiger partial charge < -0.3 is 4.74 Å². The van der Waals surface area contributed by atoms with Crippen LogP contribution in [0.2, 0.25) is 0 Å². The molecule has 0 N–H and O–H groups in total. The second kappa shape index (κ2) is 4.45. The Bertz CT molecular complexity index is 878. The van der Waals surface area contributed by atoms with Gasteiger partial charge in [-0.2, -0.15) is 0 Å². The van der Waals surface area contributed by atoms with E-state index in [-0.39, 0.29) is 5.78 Å². The van der Waals surface area contributed by atoms with Crippen LogP contribution in [-0.2, 0) is 6.42 Å². The number of methoxy groups -OCH3 is 1. The molecule has 0 spiro atoms. The van der Waals surface area contributed by atoms with Crippen molar-refractivity contribution in [2.24, 2.45) is 0 Å². The highest BCUT2D eigenvalue weighted by Crippen LogP contribution is 2.33. The summed E-state index contributed by atoms with van der Waals surface area (Å²) < 4.78 is 5.26. The largest absolute Gasteiger partial charge is 0.497 e. The summed E-state index contributed by atoms with van der Waals surface area (Å²) in [5, 5.41) is 2.05. The molecule has 0 saturated heterocycles. The van der Waals surface area contributed by atoms with Crippen molar-refractivity contribution in [3.05, 3.63) is 76.9 Å². The van der Waals surface area contributed by atoms with Gasteiger partial charge in [0, 0.05) is 11.1 Å². The van der Waals surface area contributed by atoms with Crippen molar-refractivity contribution in [3.8, 4) is 5.75 Å². The van der Waals surface area contributed by atoms with Crippen LogP contribution in [0.3, 0.4) is 0 Å². The lowest BCUT2D eigenvalue weighted by atomic mass is 9.82. The zero-order valence-electron chi connectivity index (χ0n) is 11.7. The SMILES string of the molecule is COc1ccc2c3c(ccc2c1)Cc1ccccc1C3=O. The summed E-state index contributed by atoms with van der Waals surface area (Å²) in [5.74, 6) is 0.939. The van der Waals surface area contributed by atoms with Crippen LogP contribution in [0.5, 0.6) is 5.75 Å². The maximum atomic E-state index is 12.8. The lowest BCUT2D eigenvalue weighted by Gasteiger charge is -2.20. The zero-order valence-corrected chi connectivity index (χ0v) is 11.7. The molecule has 1 aliphatic rings. The predicted octanol–water partition coefficient (Wildman–Crippen LogP) is 3.98. The molecule has 0 aliphatic heterocycles. The highest BCUT2D eigenvalue weighted by Gasteiger charge is 2.24. The fourth-order valence-electron chi connectivity index (χ4n) is 3.13. The van der Waals surface area contributed by atoms with Crippen LogP contribution in [0.25, 0.3) is 10.8 Å². The summed E-state index contributed by atoms with van der Waals surface area (Å²) in [7, 11) is 1.65. The van der Waals surface area contributed by atoms with Gasteiger partial charge in [0.15, 0.2) is 5.78 Å². The van der Waals surface area contributed by atoms with E-state index in [0.29, 0.717) is 0 Å². The first-order valence-corrected chi connectivity index (χ1v) is 7.00. The zero-order chi connectivity index (χ0) is 14.4. The standard InChI is InChI=1S/C19H14O2/c1-21-15-8-9-16-13(11-15)6-7-14-10-12-4-2-3-5-17(12)19(20)18(14)16/h2-9,11H,10H2,1H3. The summed E-state index contributed by atoms with van der Waals surface area (Å²) in [4.78, 5) is 12.8. The predicted molar refractivity (Wildman–Crippen MR) is 83.2 cm³/mol. The topological polar surface area (TPSA) is 26.3 Å². The Morgan fingerprint density at radius 3 is 2.67 bits per heavy atom. The van der Waals surface area contributed by atoms with Crippen LogP contribution >= 0.6 is 0 Å². The Morgan fingerprint density at radius 1 is 0.952 bits per heavy atom. The van der Waals surface area contributed by atoms with Crippen molar-refractivity contribution in [3.63, 3.8) is 0 Å². The smallest absolute Gasteiger partial charge is 0.194 e. The van der Waals surface area contributed by atoms with E-state index in [2.05, 4.69) is 12.1 Å². The molecular formula is C19H14O2. The minimum Gasteiger partial charge on any atom is -0.497 e. The molecular weight excluding hydrogens is 260 g/mol. The van der Waals surface area contributed by atoms with Gasteiger partial charge in [-0.3, -0.25) is 4.79 Å². The second-order valence-electron chi connectivity index (χ2n) is 5.35. The fourth-order valence-corrected chi connectivity index (χ4v) is 3.13. The van der Waals surface area contributed by atoms with Crippen molar-refractivity contribution in [2.75, 3.05) is 7.11 Å². The summed E-state index contributed by atoms with van der Waals surface area (Å²) in [5.41, 5.74) is 3.89. The Kier molecular flexibility index (Phi) is 2.58. The van der Waals surface area contributed by atoms with E-state index in [1.165, 1.54) is 0 Å². The molecule has 0 atom stereocenters. The third-order valence-corrected chi connectivity index (χ3v) is 4.18. The molecule has 0 unspecified atom stereocenters. The lowest BCUT2D eigenvalue weighted by Crippen LogP contribution is -2.15. The highest BCUT2D eigenvalue weighted by molar-refractivity contribution is 6.19. The Hall–Kier alpha value is -2.61. The monoisotopic (exact) mass is 274 g/mol. The molecule has 102 valence electrons. The number of fused-ring (bicyclic) bond motifs is 4. The van der Waals surface area contributed by atoms with Gasteiger partial charge >= 0.3 is 0 Å². The average molecular weight is 274 g/mol. The number of carbonyl (C=O) groups is 1. The molecule has 4 rings (SSSR count). The van der Waals surface area contributed by atoms with Gasteiger partial charge in [-0.05, 0) is 46.5 Å². The van der Waals surface area contributed by atoms with E-state index in [0.717, 1.165) is 45.2 Å². The van der Waals surface area contributed by atoms with Crippen LogP contribution in [0.15, 0.2) is 54.6 Å². The normalized spacial score (nSPS) is 12.9. The maximum Gasteiger partial charge on any atom is 0.194 e. The molecule has 0 radical (unpaired) electrons. The number of ketones is 1. The molecule has 0 heterocycles. The van der Waals surface area contributed by atoms with E-state index in [1.807, 2.05) is 42.5 Å². The summed E-state index contributed by atoms with van der Waals surface area (Å²) >= 11 is 0. The minimum atomic E-state index is 0.127. The molecule has 0 fully saturated rings. The number of rotatable bonds is 1. The molecule has 3 aromatic carbocycles.